The van der Waals surface area contributed by atoms with Gasteiger partial charge in [-0.1, -0.05) is 13.3 Å². The van der Waals surface area contributed by atoms with E-state index in [1.807, 2.05) is 33.8 Å². The summed E-state index contributed by atoms with van der Waals surface area (Å²) in [5.41, 5.74) is 0. The minimum atomic E-state index is -0.257. The first-order chi connectivity index (χ1) is 7.90. The molecule has 0 aromatic heterocycles. The summed E-state index contributed by atoms with van der Waals surface area (Å²) in [5, 5.41) is 0. The van der Waals surface area contributed by atoms with Crippen LogP contribution in [0.5, 0.6) is 0 Å². The van der Waals surface area contributed by atoms with E-state index in [2.05, 4.69) is 29.5 Å². The van der Waals surface area contributed by atoms with E-state index < -0.39 is 0 Å². The number of hydrogen-bond donors (Lipinski definition) is 0. The third-order valence-electron chi connectivity index (χ3n) is 2.37. The molecule has 100 valence electrons. The Morgan fingerprint density at radius 2 is 1.82 bits per heavy atom. The molecule has 0 rings (SSSR count). The molecule has 0 radical (unpaired) electrons. The van der Waals surface area contributed by atoms with Crippen LogP contribution >= 0.6 is 22.6 Å². The second kappa shape index (κ2) is 8.78. The average Bonchev–Trinajstić information content (AvgIpc) is 2.16. The molecule has 4 heteroatoms. The molecule has 0 aliphatic rings. The number of halogens is 1. The van der Waals surface area contributed by atoms with Crippen molar-refractivity contribution >= 4 is 28.7 Å². The number of amides is 1. The van der Waals surface area contributed by atoms with E-state index in [0.29, 0.717) is 3.77 Å². The van der Waals surface area contributed by atoms with Gasteiger partial charge < -0.3 is 9.64 Å². The van der Waals surface area contributed by atoms with Crippen LogP contribution in [0.4, 0.5) is 4.79 Å². The van der Waals surface area contributed by atoms with Crippen LogP contribution in [-0.2, 0) is 4.74 Å². The lowest BCUT2D eigenvalue weighted by molar-refractivity contribution is 0.108. The highest BCUT2D eigenvalue weighted by molar-refractivity contribution is 14.1. The summed E-state index contributed by atoms with van der Waals surface area (Å²) in [7, 11) is 0. The van der Waals surface area contributed by atoms with E-state index in [9.17, 15) is 4.79 Å². The summed E-state index contributed by atoms with van der Waals surface area (Å²) < 4.78 is 5.99. The van der Waals surface area contributed by atoms with E-state index in [-0.39, 0.29) is 18.2 Å². The minimum Gasteiger partial charge on any atom is -0.404 e. The molecule has 0 N–H and O–H groups in total. The van der Waals surface area contributed by atoms with E-state index in [1.165, 1.54) is 0 Å². The zero-order valence-electron chi connectivity index (χ0n) is 11.5. The number of allylic oxidation sites excluding steroid dienone is 1. The monoisotopic (exact) mass is 353 g/mol. The number of nitrogens with zero attached hydrogens (tertiary/aromatic N) is 1. The maximum Gasteiger partial charge on any atom is 0.416 e. The van der Waals surface area contributed by atoms with Gasteiger partial charge in [-0.05, 0) is 69.2 Å². The fourth-order valence-corrected chi connectivity index (χ4v) is 2.12. The normalized spacial score (nSPS) is 12.1. The lowest BCUT2D eigenvalue weighted by Gasteiger charge is -2.29. The van der Waals surface area contributed by atoms with Crippen LogP contribution in [0.25, 0.3) is 0 Å². The molecule has 1 amide bonds. The molecule has 0 heterocycles. The summed E-state index contributed by atoms with van der Waals surface area (Å²) >= 11 is 2.07. The van der Waals surface area contributed by atoms with Crippen LogP contribution in [0.1, 0.15) is 53.9 Å². The van der Waals surface area contributed by atoms with Gasteiger partial charge in [-0.3, -0.25) is 0 Å². The minimum absolute atomic E-state index is 0.155. The average molecular weight is 353 g/mol. The standard InChI is InChI=1S/C13H24INO2/c1-6-7-8-9-12(14)17-13(16)15(10(2)3)11(4)5/h9-11H,6-8H2,1-5H3. The molecule has 0 saturated heterocycles. The number of hydrogen-bond acceptors (Lipinski definition) is 2. The fraction of sp³-hybridized carbons (Fsp3) is 0.769. The highest BCUT2D eigenvalue weighted by atomic mass is 127. The molecule has 0 aromatic carbocycles. The highest BCUT2D eigenvalue weighted by Crippen LogP contribution is 2.15. The van der Waals surface area contributed by atoms with Crippen LogP contribution < -0.4 is 0 Å². The van der Waals surface area contributed by atoms with Gasteiger partial charge in [-0.25, -0.2) is 4.79 Å². The molecule has 0 saturated carbocycles. The molecule has 0 aliphatic heterocycles. The largest absolute Gasteiger partial charge is 0.416 e. The van der Waals surface area contributed by atoms with Crippen LogP contribution in [0.3, 0.4) is 0 Å². The van der Waals surface area contributed by atoms with Crippen LogP contribution in [-0.4, -0.2) is 23.1 Å². The molecule has 0 bridgehead atoms. The molecule has 0 unspecified atom stereocenters. The lowest BCUT2D eigenvalue weighted by atomic mass is 10.2. The van der Waals surface area contributed by atoms with Crippen molar-refractivity contribution in [3.05, 3.63) is 9.84 Å². The van der Waals surface area contributed by atoms with Gasteiger partial charge in [0.05, 0.1) is 0 Å². The number of carbonyl (C=O) groups excluding carboxylic acids is 1. The second-order valence-electron chi connectivity index (χ2n) is 4.61. The molecular formula is C13H24INO2. The maximum absolute atomic E-state index is 11.9. The van der Waals surface area contributed by atoms with E-state index in [0.717, 1.165) is 19.3 Å². The predicted octanol–water partition coefficient (Wildman–Crippen LogP) is 4.71. The van der Waals surface area contributed by atoms with Gasteiger partial charge in [0.1, 0.15) is 0 Å². The first-order valence-electron chi connectivity index (χ1n) is 6.25. The van der Waals surface area contributed by atoms with Gasteiger partial charge in [0, 0.05) is 12.1 Å². The summed E-state index contributed by atoms with van der Waals surface area (Å²) in [6.07, 6.45) is 4.96. The number of carbonyl (C=O) groups is 1. The van der Waals surface area contributed by atoms with Crippen LogP contribution in [0.15, 0.2) is 9.84 Å². The Balaban J connectivity index is 4.35. The van der Waals surface area contributed by atoms with Gasteiger partial charge in [0.2, 0.25) is 0 Å². The molecular weight excluding hydrogens is 329 g/mol. The van der Waals surface area contributed by atoms with Crippen LogP contribution in [0, 0.1) is 0 Å². The van der Waals surface area contributed by atoms with Crippen molar-refractivity contribution < 1.29 is 9.53 Å². The van der Waals surface area contributed by atoms with E-state index in [1.54, 1.807) is 4.90 Å². The molecule has 0 atom stereocenters. The highest BCUT2D eigenvalue weighted by Gasteiger charge is 2.22. The summed E-state index contributed by atoms with van der Waals surface area (Å²) in [6, 6.07) is 0.310. The van der Waals surface area contributed by atoms with Crippen molar-refractivity contribution in [2.75, 3.05) is 0 Å². The zero-order valence-corrected chi connectivity index (χ0v) is 13.7. The maximum atomic E-state index is 11.9. The lowest BCUT2D eigenvalue weighted by Crippen LogP contribution is -2.42. The number of ether oxygens (including phenoxy) is 1. The van der Waals surface area contributed by atoms with Gasteiger partial charge in [-0.15, -0.1) is 0 Å². The van der Waals surface area contributed by atoms with Gasteiger partial charge in [0.15, 0.2) is 3.77 Å². The third kappa shape index (κ3) is 6.91. The van der Waals surface area contributed by atoms with Gasteiger partial charge in [0.25, 0.3) is 0 Å². The molecule has 0 spiro atoms. The Morgan fingerprint density at radius 1 is 1.29 bits per heavy atom. The van der Waals surface area contributed by atoms with Crippen LogP contribution in [0.2, 0.25) is 0 Å². The predicted molar refractivity (Wildman–Crippen MR) is 80.2 cm³/mol. The van der Waals surface area contributed by atoms with Gasteiger partial charge >= 0.3 is 6.09 Å². The van der Waals surface area contributed by atoms with E-state index >= 15 is 0 Å². The SMILES string of the molecule is CCCCC=C(I)OC(=O)N(C(C)C)C(C)C. The summed E-state index contributed by atoms with van der Waals surface area (Å²) in [5.74, 6) is 0. The molecule has 0 aromatic rings. The molecule has 17 heavy (non-hydrogen) atoms. The first-order valence-corrected chi connectivity index (χ1v) is 7.33. The Kier molecular flexibility index (Phi) is 8.64. The smallest absolute Gasteiger partial charge is 0.404 e. The molecule has 0 fully saturated rings. The Hall–Kier alpha value is -0.260. The zero-order chi connectivity index (χ0) is 13.4. The van der Waals surface area contributed by atoms with Gasteiger partial charge in [-0.2, -0.15) is 0 Å². The van der Waals surface area contributed by atoms with Crippen molar-refractivity contribution in [2.45, 2.75) is 66.0 Å². The van der Waals surface area contributed by atoms with Crippen molar-refractivity contribution in [3.8, 4) is 0 Å². The Morgan fingerprint density at radius 3 is 2.24 bits per heavy atom. The van der Waals surface area contributed by atoms with Crippen molar-refractivity contribution in [1.29, 1.82) is 0 Å². The Labute approximate surface area is 119 Å². The quantitative estimate of drug-likeness (QED) is 0.393. The second-order valence-corrected chi connectivity index (χ2v) is 5.68. The molecule has 3 nitrogen and oxygen atoms in total. The number of unbranched alkanes of at least 4 members (excludes halogenated alkanes) is 2. The fourth-order valence-electron chi connectivity index (χ4n) is 1.62. The van der Waals surface area contributed by atoms with E-state index in [4.69, 9.17) is 4.74 Å². The number of rotatable bonds is 6. The Bertz CT molecular complexity index is 254. The summed E-state index contributed by atoms with van der Waals surface area (Å²) in [4.78, 5) is 13.7. The van der Waals surface area contributed by atoms with Crippen molar-refractivity contribution in [3.63, 3.8) is 0 Å². The van der Waals surface area contributed by atoms with Crippen molar-refractivity contribution in [2.24, 2.45) is 0 Å². The first kappa shape index (κ1) is 16.7. The topological polar surface area (TPSA) is 29.5 Å². The summed E-state index contributed by atoms with van der Waals surface area (Å²) in [6.45, 7) is 10.1. The molecule has 0 aliphatic carbocycles. The van der Waals surface area contributed by atoms with Crippen molar-refractivity contribution in [1.82, 2.24) is 4.90 Å². The third-order valence-corrected chi connectivity index (χ3v) is 3.03.